The van der Waals surface area contributed by atoms with Crippen molar-refractivity contribution in [2.45, 2.75) is 270 Å². The number of quaternary nitrogens is 1. The molecular weight excluding hydrogens is 786 g/mol. The number of esters is 2. The standard InChI is InChI=1S/C51H102NO8P/c1-6-8-10-12-14-16-18-20-22-24-26-28-29-31-33-35-37-39-41-43-50(53)57-47-49(48-59-61(55,56)58-46-45-52(3,4)5)60-51(54)44-42-40-38-36-34-32-30-27-25-23-21-19-17-15-13-11-9-7-2/h49H,6-48H2,1-5H3/t49-/m1/s1. The van der Waals surface area contributed by atoms with Crippen LogP contribution >= 0.6 is 7.82 Å². The number of phosphoric ester groups is 1. The van der Waals surface area contributed by atoms with Crippen molar-refractivity contribution < 1.29 is 42.1 Å². The Bertz CT molecular complexity index is 1010. The van der Waals surface area contributed by atoms with Gasteiger partial charge >= 0.3 is 11.9 Å². The highest BCUT2D eigenvalue weighted by atomic mass is 31.2. The number of likely N-dealkylation sites (N-methyl/N-ethyl adjacent to an activating group) is 1. The minimum absolute atomic E-state index is 0.0253. The largest absolute Gasteiger partial charge is 0.756 e. The van der Waals surface area contributed by atoms with Crippen LogP contribution in [0.25, 0.3) is 0 Å². The van der Waals surface area contributed by atoms with Gasteiger partial charge in [-0.2, -0.15) is 0 Å². The number of nitrogens with zero attached hydrogens (tertiary/aromatic N) is 1. The van der Waals surface area contributed by atoms with Crippen LogP contribution in [0, 0.1) is 0 Å². The number of carbonyl (C=O) groups excluding carboxylic acids is 2. The molecule has 1 unspecified atom stereocenters. The van der Waals surface area contributed by atoms with Crippen molar-refractivity contribution in [2.75, 3.05) is 47.5 Å². The van der Waals surface area contributed by atoms with Crippen LogP contribution in [0.5, 0.6) is 0 Å². The van der Waals surface area contributed by atoms with Crippen LogP contribution in [0.3, 0.4) is 0 Å². The fourth-order valence-electron chi connectivity index (χ4n) is 7.78. The molecule has 0 aliphatic heterocycles. The van der Waals surface area contributed by atoms with Crippen LogP contribution in [0.15, 0.2) is 0 Å². The quantitative estimate of drug-likeness (QED) is 0.0257. The number of rotatable bonds is 49. The molecule has 2 atom stereocenters. The minimum atomic E-state index is -4.62. The monoisotopic (exact) mass is 888 g/mol. The number of carbonyl (C=O) groups is 2. The Morgan fingerprint density at radius 2 is 0.738 bits per heavy atom. The van der Waals surface area contributed by atoms with E-state index in [1.54, 1.807) is 0 Å². The predicted molar refractivity (Wildman–Crippen MR) is 255 cm³/mol. The third kappa shape index (κ3) is 48.3. The zero-order valence-electron chi connectivity index (χ0n) is 41.1. The molecule has 9 nitrogen and oxygen atoms in total. The van der Waals surface area contributed by atoms with Gasteiger partial charge in [-0.1, -0.05) is 239 Å². The molecule has 0 radical (unpaired) electrons. The third-order valence-corrected chi connectivity index (χ3v) is 12.8. The molecule has 0 aromatic rings. The van der Waals surface area contributed by atoms with Crippen LogP contribution < -0.4 is 4.89 Å². The maximum absolute atomic E-state index is 12.7. The van der Waals surface area contributed by atoms with E-state index in [0.29, 0.717) is 17.4 Å². The van der Waals surface area contributed by atoms with Crippen molar-refractivity contribution >= 4 is 19.8 Å². The van der Waals surface area contributed by atoms with E-state index in [1.165, 1.54) is 199 Å². The van der Waals surface area contributed by atoms with E-state index in [2.05, 4.69) is 13.8 Å². The topological polar surface area (TPSA) is 111 Å². The average Bonchev–Trinajstić information content (AvgIpc) is 3.21. The summed E-state index contributed by atoms with van der Waals surface area (Å²) in [5, 5.41) is 0. The molecule has 0 aromatic heterocycles. The lowest BCUT2D eigenvalue weighted by molar-refractivity contribution is -0.870. The molecule has 0 spiro atoms. The first-order chi connectivity index (χ1) is 29.5. The summed E-state index contributed by atoms with van der Waals surface area (Å²) in [4.78, 5) is 37.7. The van der Waals surface area contributed by atoms with Crippen molar-refractivity contribution in [1.29, 1.82) is 0 Å². The Hall–Kier alpha value is -0.990. The smallest absolute Gasteiger partial charge is 0.306 e. The van der Waals surface area contributed by atoms with Crippen LogP contribution in [-0.4, -0.2) is 70.0 Å². The summed E-state index contributed by atoms with van der Waals surface area (Å²) in [5.41, 5.74) is 0. The van der Waals surface area contributed by atoms with Crippen molar-refractivity contribution in [1.82, 2.24) is 0 Å². The molecule has 0 N–H and O–H groups in total. The van der Waals surface area contributed by atoms with E-state index < -0.39 is 26.5 Å². The van der Waals surface area contributed by atoms with Crippen LogP contribution in [0.2, 0.25) is 0 Å². The molecule has 61 heavy (non-hydrogen) atoms. The number of hydrogen-bond donors (Lipinski definition) is 0. The van der Waals surface area contributed by atoms with Crippen LogP contribution in [-0.2, 0) is 32.7 Å². The van der Waals surface area contributed by atoms with Gasteiger partial charge in [-0.15, -0.1) is 0 Å². The van der Waals surface area contributed by atoms with Crippen LogP contribution in [0.4, 0.5) is 0 Å². The Balaban J connectivity index is 4.18. The van der Waals surface area contributed by atoms with Crippen molar-refractivity contribution in [3.05, 3.63) is 0 Å². The highest BCUT2D eigenvalue weighted by molar-refractivity contribution is 7.45. The Morgan fingerprint density at radius 3 is 1.05 bits per heavy atom. The summed E-state index contributed by atoms with van der Waals surface area (Å²) in [5.74, 6) is -0.812. The molecule has 0 fully saturated rings. The van der Waals surface area contributed by atoms with Crippen molar-refractivity contribution in [3.63, 3.8) is 0 Å². The van der Waals surface area contributed by atoms with Gasteiger partial charge in [0.15, 0.2) is 6.10 Å². The lowest BCUT2D eigenvalue weighted by Gasteiger charge is -2.28. The molecule has 0 aliphatic carbocycles. The van der Waals surface area contributed by atoms with E-state index in [9.17, 15) is 19.0 Å². The summed E-state index contributed by atoms with van der Waals surface area (Å²) in [6, 6.07) is 0. The van der Waals surface area contributed by atoms with Gasteiger partial charge in [0.05, 0.1) is 27.7 Å². The first-order valence-corrected chi connectivity index (χ1v) is 27.7. The number of phosphoric acid groups is 1. The first kappa shape index (κ1) is 60.0. The van der Waals surface area contributed by atoms with Crippen molar-refractivity contribution in [2.24, 2.45) is 0 Å². The number of unbranched alkanes of at least 4 members (excludes halogenated alkanes) is 35. The molecule has 0 saturated heterocycles. The number of hydrogen-bond acceptors (Lipinski definition) is 8. The Labute approximate surface area is 378 Å². The maximum atomic E-state index is 12.7. The average molecular weight is 888 g/mol. The van der Waals surface area contributed by atoms with E-state index in [1.807, 2.05) is 21.1 Å². The summed E-state index contributed by atoms with van der Waals surface area (Å²) >= 11 is 0. The summed E-state index contributed by atoms with van der Waals surface area (Å²) < 4.78 is 34.1. The lowest BCUT2D eigenvalue weighted by atomic mass is 10.0. The van der Waals surface area contributed by atoms with Gasteiger partial charge in [0, 0.05) is 12.8 Å². The van der Waals surface area contributed by atoms with Gasteiger partial charge in [0.1, 0.15) is 19.8 Å². The van der Waals surface area contributed by atoms with Crippen LogP contribution in [0.1, 0.15) is 264 Å². The molecule has 0 amide bonds. The van der Waals surface area contributed by atoms with E-state index in [4.69, 9.17) is 18.5 Å². The van der Waals surface area contributed by atoms with Gasteiger partial charge in [0.25, 0.3) is 7.82 Å². The molecule has 0 aliphatic rings. The van der Waals surface area contributed by atoms with E-state index >= 15 is 0 Å². The van der Waals surface area contributed by atoms with E-state index in [-0.39, 0.29) is 32.0 Å². The van der Waals surface area contributed by atoms with Gasteiger partial charge in [0.2, 0.25) is 0 Å². The summed E-state index contributed by atoms with van der Waals surface area (Å²) in [7, 11) is 1.19. The zero-order valence-corrected chi connectivity index (χ0v) is 42.0. The molecule has 10 heteroatoms. The molecule has 0 heterocycles. The van der Waals surface area contributed by atoms with Gasteiger partial charge in [-0.3, -0.25) is 14.2 Å². The molecule has 0 rings (SSSR count). The highest BCUT2D eigenvalue weighted by Crippen LogP contribution is 2.38. The Morgan fingerprint density at radius 1 is 0.443 bits per heavy atom. The van der Waals surface area contributed by atoms with E-state index in [0.717, 1.165) is 32.1 Å². The molecule has 0 saturated carbocycles. The SMILES string of the molecule is CCCCCCCCCCCCCCCCCCCCCC(=O)OC[C@H](COP(=O)([O-])OCC[N+](C)(C)C)OC(=O)CCCCCCCCCCCCCCCCCCCC. The minimum Gasteiger partial charge on any atom is -0.756 e. The number of ether oxygens (including phenoxy) is 2. The molecule has 0 bridgehead atoms. The van der Waals surface area contributed by atoms with Crippen molar-refractivity contribution in [3.8, 4) is 0 Å². The van der Waals surface area contributed by atoms with Gasteiger partial charge < -0.3 is 27.9 Å². The third-order valence-electron chi connectivity index (χ3n) is 11.9. The lowest BCUT2D eigenvalue weighted by Crippen LogP contribution is -2.37. The van der Waals surface area contributed by atoms with Gasteiger partial charge in [-0.05, 0) is 12.8 Å². The normalized spacial score (nSPS) is 13.3. The fourth-order valence-corrected chi connectivity index (χ4v) is 8.50. The maximum Gasteiger partial charge on any atom is 0.306 e. The molecule has 0 aromatic carbocycles. The first-order valence-electron chi connectivity index (χ1n) is 26.2. The predicted octanol–water partition coefficient (Wildman–Crippen LogP) is 14.9. The second-order valence-electron chi connectivity index (χ2n) is 19.3. The molecular formula is C51H102NO8P. The second kappa shape index (κ2) is 44.2. The highest BCUT2D eigenvalue weighted by Gasteiger charge is 2.21. The summed E-state index contributed by atoms with van der Waals surface area (Å²) in [6.45, 7) is 4.30. The zero-order chi connectivity index (χ0) is 45.0. The Kier molecular flexibility index (Phi) is 43.5. The second-order valence-corrected chi connectivity index (χ2v) is 20.7. The fraction of sp³-hybridized carbons (Fsp3) is 0.961. The molecule has 364 valence electrons. The summed E-state index contributed by atoms with van der Waals surface area (Å²) in [6.07, 6.45) is 47.0. The van der Waals surface area contributed by atoms with Gasteiger partial charge in [-0.25, -0.2) is 0 Å².